The molecule has 3 rings (SSSR count). The molecule has 0 aliphatic heterocycles. The van der Waals surface area contributed by atoms with E-state index in [9.17, 15) is 26.5 Å². The molecule has 0 radical (unpaired) electrons. The van der Waals surface area contributed by atoms with Crippen molar-refractivity contribution in [1.29, 1.82) is 0 Å². The molecule has 0 aliphatic carbocycles. The van der Waals surface area contributed by atoms with Crippen molar-refractivity contribution < 1.29 is 60.2 Å². The fourth-order valence-electron chi connectivity index (χ4n) is 2.64. The number of aryl methyl sites for hydroxylation is 1. The van der Waals surface area contributed by atoms with E-state index in [1.165, 1.54) is 37.3 Å². The van der Waals surface area contributed by atoms with Crippen molar-refractivity contribution in [2.75, 3.05) is 0 Å². The molecular formula is C19H16NNaO7S2. The van der Waals surface area contributed by atoms with Gasteiger partial charge in [-0.1, -0.05) is 17.7 Å². The predicted octanol–water partition coefficient (Wildman–Crippen LogP) is -0.423. The Bertz CT molecular complexity index is 1330. The van der Waals surface area contributed by atoms with Gasteiger partial charge in [-0.2, -0.15) is 16.8 Å². The molecule has 1 N–H and O–H groups in total. The number of benzene rings is 3. The molecule has 30 heavy (non-hydrogen) atoms. The van der Waals surface area contributed by atoms with Gasteiger partial charge in [0.05, 0.1) is 10.6 Å². The first-order valence-electron chi connectivity index (χ1n) is 8.24. The number of hydrogen-bond acceptors (Lipinski definition) is 7. The molecule has 152 valence electrons. The normalized spacial score (nSPS) is 12.4. The van der Waals surface area contributed by atoms with Crippen molar-refractivity contribution in [3.63, 3.8) is 0 Å². The first-order chi connectivity index (χ1) is 13.5. The van der Waals surface area contributed by atoms with E-state index in [0.717, 1.165) is 17.7 Å². The van der Waals surface area contributed by atoms with Crippen LogP contribution in [0.15, 0.2) is 69.4 Å². The SMILES string of the molecule is CC([O-])=Nc1cc(OS(=O)(=O)c2ccc(C)cc2)c2ccc(S(=O)(=O)O)cc2c1.[Na+]. The van der Waals surface area contributed by atoms with E-state index in [4.69, 9.17) is 4.18 Å². The smallest absolute Gasteiger partial charge is 0.862 e. The summed E-state index contributed by atoms with van der Waals surface area (Å²) in [6.07, 6.45) is 0. The number of rotatable bonds is 5. The van der Waals surface area contributed by atoms with Gasteiger partial charge in [0.25, 0.3) is 10.1 Å². The molecule has 0 aliphatic rings. The van der Waals surface area contributed by atoms with Crippen LogP contribution in [0.25, 0.3) is 10.8 Å². The second-order valence-corrected chi connectivity index (χ2v) is 9.25. The van der Waals surface area contributed by atoms with Gasteiger partial charge in [0.2, 0.25) is 0 Å². The fourth-order valence-corrected chi connectivity index (χ4v) is 4.10. The van der Waals surface area contributed by atoms with Gasteiger partial charge in [0.15, 0.2) is 5.75 Å². The van der Waals surface area contributed by atoms with Crippen LogP contribution in [0.2, 0.25) is 0 Å². The first kappa shape index (κ1) is 24.3. The Morgan fingerprint density at radius 1 is 0.967 bits per heavy atom. The quantitative estimate of drug-likeness (QED) is 0.181. The maximum Gasteiger partial charge on any atom is 1.00 e. The minimum atomic E-state index is -4.48. The molecule has 0 aromatic heterocycles. The molecule has 0 spiro atoms. The standard InChI is InChI=1S/C19H17NO7S2.Na/c1-12-3-5-16(6-4-12)29(25,26)27-19-11-15(20-13(2)21)9-14-10-17(28(22,23)24)7-8-18(14)19;/h3-11H,1-2H3,(H,20,21)(H,22,23,24);/q;+1/p-1. The minimum absolute atomic E-state index is 0. The van der Waals surface area contributed by atoms with Gasteiger partial charge in [0, 0.05) is 11.5 Å². The van der Waals surface area contributed by atoms with Gasteiger partial charge in [0.1, 0.15) is 4.90 Å². The van der Waals surface area contributed by atoms with Gasteiger partial charge in [-0.15, -0.1) is 0 Å². The summed E-state index contributed by atoms with van der Waals surface area (Å²) in [6, 6.07) is 12.2. The second-order valence-electron chi connectivity index (χ2n) is 6.28. The first-order valence-corrected chi connectivity index (χ1v) is 11.1. The second kappa shape index (κ2) is 9.04. The maximum atomic E-state index is 12.7. The Balaban J connectivity index is 0.00000320. The Morgan fingerprint density at radius 3 is 2.13 bits per heavy atom. The third kappa shape index (κ3) is 5.60. The molecule has 0 saturated carbocycles. The molecule has 11 heteroatoms. The van der Waals surface area contributed by atoms with Crippen LogP contribution in [0.5, 0.6) is 5.75 Å². The van der Waals surface area contributed by atoms with Crippen molar-refractivity contribution >= 4 is 42.6 Å². The molecule has 8 nitrogen and oxygen atoms in total. The molecule has 3 aromatic rings. The van der Waals surface area contributed by atoms with E-state index in [2.05, 4.69) is 4.99 Å². The summed E-state index contributed by atoms with van der Waals surface area (Å²) in [5, 5.41) is 11.8. The minimum Gasteiger partial charge on any atom is -0.862 e. The van der Waals surface area contributed by atoms with Crippen molar-refractivity contribution in [2.24, 2.45) is 4.99 Å². The van der Waals surface area contributed by atoms with Gasteiger partial charge >= 0.3 is 39.7 Å². The van der Waals surface area contributed by atoms with Crippen molar-refractivity contribution in [3.8, 4) is 5.75 Å². The van der Waals surface area contributed by atoms with Gasteiger partial charge in [-0.05, 0) is 61.5 Å². The van der Waals surface area contributed by atoms with Crippen LogP contribution in [0, 0.1) is 6.92 Å². The fraction of sp³-hybridized carbons (Fsp3) is 0.105. The van der Waals surface area contributed by atoms with Crippen LogP contribution in [-0.4, -0.2) is 27.3 Å². The van der Waals surface area contributed by atoms with E-state index < -0.39 is 31.0 Å². The Kier molecular flexibility index (Phi) is 7.33. The maximum absolute atomic E-state index is 12.7. The predicted molar refractivity (Wildman–Crippen MR) is 106 cm³/mol. The summed E-state index contributed by atoms with van der Waals surface area (Å²) in [5.41, 5.74) is 0.945. The summed E-state index contributed by atoms with van der Waals surface area (Å²) in [4.78, 5) is 3.29. The Hall–Kier alpha value is -1.95. The number of hydrogen-bond donors (Lipinski definition) is 1. The Morgan fingerprint density at radius 2 is 1.57 bits per heavy atom. The molecule has 0 amide bonds. The summed E-state index contributed by atoms with van der Waals surface area (Å²) >= 11 is 0. The van der Waals surface area contributed by atoms with Crippen LogP contribution in [-0.2, 0) is 20.2 Å². The summed E-state index contributed by atoms with van der Waals surface area (Å²) < 4.78 is 62.7. The van der Waals surface area contributed by atoms with Crippen LogP contribution in [0.1, 0.15) is 12.5 Å². The third-order valence-corrected chi connectivity index (χ3v) is 6.06. The summed E-state index contributed by atoms with van der Waals surface area (Å²) in [5.74, 6) is -0.674. The topological polar surface area (TPSA) is 133 Å². The number of aliphatic imine (C=N–C) groups is 1. The summed E-state index contributed by atoms with van der Waals surface area (Å²) in [7, 11) is -8.68. The molecule has 0 atom stereocenters. The molecule has 0 heterocycles. The van der Waals surface area contributed by atoms with E-state index >= 15 is 0 Å². The van der Waals surface area contributed by atoms with Crippen LogP contribution < -0.4 is 38.8 Å². The molecule has 0 bridgehead atoms. The van der Waals surface area contributed by atoms with Crippen molar-refractivity contribution in [2.45, 2.75) is 23.6 Å². The molecular weight excluding hydrogens is 441 g/mol. The zero-order valence-electron chi connectivity index (χ0n) is 16.4. The number of nitrogens with zero attached hydrogens (tertiary/aromatic N) is 1. The van der Waals surface area contributed by atoms with Crippen LogP contribution in [0.3, 0.4) is 0 Å². The van der Waals surface area contributed by atoms with Gasteiger partial charge in [-0.25, -0.2) is 0 Å². The largest absolute Gasteiger partial charge is 1.00 e. The van der Waals surface area contributed by atoms with Crippen molar-refractivity contribution in [1.82, 2.24) is 0 Å². The third-order valence-electron chi connectivity index (χ3n) is 3.96. The summed E-state index contributed by atoms with van der Waals surface area (Å²) in [6.45, 7) is 3.02. The average Bonchev–Trinajstić information content (AvgIpc) is 2.60. The monoisotopic (exact) mass is 457 g/mol. The zero-order chi connectivity index (χ0) is 21.4. The Labute approximate surface area is 196 Å². The van der Waals surface area contributed by atoms with E-state index in [-0.39, 0.29) is 56.7 Å². The van der Waals surface area contributed by atoms with E-state index in [1.54, 1.807) is 12.1 Å². The van der Waals surface area contributed by atoms with Crippen molar-refractivity contribution in [3.05, 3.63) is 60.2 Å². The van der Waals surface area contributed by atoms with Gasteiger partial charge < -0.3 is 9.29 Å². The van der Waals surface area contributed by atoms with E-state index in [0.29, 0.717) is 0 Å². The van der Waals surface area contributed by atoms with Gasteiger partial charge in [-0.3, -0.25) is 9.55 Å². The molecule has 3 aromatic carbocycles. The van der Waals surface area contributed by atoms with E-state index in [1.807, 2.05) is 6.92 Å². The van der Waals surface area contributed by atoms with Crippen LogP contribution >= 0.6 is 0 Å². The number of fused-ring (bicyclic) bond motifs is 1. The molecule has 0 saturated heterocycles. The molecule has 0 fully saturated rings. The molecule has 0 unspecified atom stereocenters. The van der Waals surface area contributed by atoms with Crippen LogP contribution in [0.4, 0.5) is 5.69 Å². The average molecular weight is 457 g/mol. The zero-order valence-corrected chi connectivity index (χ0v) is 20.0.